The molecule has 0 spiro atoms. The number of anilines is 1. The first-order chi connectivity index (χ1) is 11.1. The van der Waals surface area contributed by atoms with Gasteiger partial charge in [-0.3, -0.25) is 4.79 Å². The molecule has 0 bridgehead atoms. The molecule has 2 atom stereocenters. The van der Waals surface area contributed by atoms with Crippen LogP contribution < -0.4 is 10.6 Å². The quantitative estimate of drug-likeness (QED) is 0.921. The summed E-state index contributed by atoms with van der Waals surface area (Å²) >= 11 is 6.29. The minimum absolute atomic E-state index is 0.122. The molecule has 5 nitrogen and oxygen atoms in total. The number of nitrogens with two attached hydrogens (primary N) is 1. The first-order valence-electron chi connectivity index (χ1n) is 7.98. The molecule has 0 unspecified atom stereocenters. The predicted octanol–water partition coefficient (Wildman–Crippen LogP) is 2.46. The number of ether oxygens (including phenoxy) is 1. The Morgan fingerprint density at radius 2 is 2.04 bits per heavy atom. The van der Waals surface area contributed by atoms with E-state index in [9.17, 15) is 10.1 Å². The molecule has 6 heteroatoms. The van der Waals surface area contributed by atoms with Gasteiger partial charge in [0.2, 0.25) is 5.91 Å². The first kappa shape index (κ1) is 16.1. The lowest BCUT2D eigenvalue weighted by Crippen LogP contribution is -2.39. The van der Waals surface area contributed by atoms with Crippen molar-refractivity contribution in [2.75, 3.05) is 18.0 Å². The standard InChI is InChI=1S/C17H20ClN3O2/c18-13-3-1-2-12(10-19)16(13)21-8-6-11(7-9-21)14-4-5-15(23-14)17(20)22/h1-3,11,14-15H,4-9H2,(H2,20,22)/t14-,15+/m0/s1. The van der Waals surface area contributed by atoms with Gasteiger partial charge >= 0.3 is 0 Å². The SMILES string of the molecule is N#Cc1cccc(Cl)c1N1CCC([C@@H]2CC[C@H](C(N)=O)O2)CC1. The Bertz CT molecular complexity index is 635. The third-order valence-corrected chi connectivity index (χ3v) is 5.16. The molecule has 1 amide bonds. The van der Waals surface area contributed by atoms with Gasteiger partial charge in [-0.05, 0) is 43.7 Å². The number of hydrogen-bond acceptors (Lipinski definition) is 4. The van der Waals surface area contributed by atoms with Crippen LogP contribution in [0, 0.1) is 17.2 Å². The maximum Gasteiger partial charge on any atom is 0.246 e. The van der Waals surface area contributed by atoms with Crippen LogP contribution in [-0.2, 0) is 9.53 Å². The van der Waals surface area contributed by atoms with Crippen LogP contribution in [-0.4, -0.2) is 31.2 Å². The van der Waals surface area contributed by atoms with E-state index < -0.39 is 6.10 Å². The lowest BCUT2D eigenvalue weighted by Gasteiger charge is -2.36. The van der Waals surface area contributed by atoms with E-state index in [0.29, 0.717) is 16.5 Å². The number of benzene rings is 1. The van der Waals surface area contributed by atoms with Crippen molar-refractivity contribution in [2.24, 2.45) is 11.7 Å². The van der Waals surface area contributed by atoms with Gasteiger partial charge in [-0.1, -0.05) is 17.7 Å². The third-order valence-electron chi connectivity index (χ3n) is 4.86. The zero-order valence-corrected chi connectivity index (χ0v) is 13.6. The summed E-state index contributed by atoms with van der Waals surface area (Å²) in [6.07, 6.45) is 3.25. The van der Waals surface area contributed by atoms with E-state index in [-0.39, 0.29) is 12.0 Å². The minimum Gasteiger partial charge on any atom is -0.369 e. The van der Waals surface area contributed by atoms with Crippen LogP contribution >= 0.6 is 11.6 Å². The fourth-order valence-corrected chi connectivity index (χ4v) is 3.93. The number of halogens is 1. The van der Waals surface area contributed by atoms with E-state index in [1.165, 1.54) is 0 Å². The zero-order chi connectivity index (χ0) is 16.4. The van der Waals surface area contributed by atoms with Crippen LogP contribution in [0.15, 0.2) is 18.2 Å². The predicted molar refractivity (Wildman–Crippen MR) is 88.2 cm³/mol. The molecule has 2 fully saturated rings. The highest BCUT2D eigenvalue weighted by atomic mass is 35.5. The number of nitriles is 1. The molecular formula is C17H20ClN3O2. The zero-order valence-electron chi connectivity index (χ0n) is 12.9. The van der Waals surface area contributed by atoms with Crippen molar-refractivity contribution < 1.29 is 9.53 Å². The number of rotatable bonds is 3. The number of para-hydroxylation sites is 1. The van der Waals surface area contributed by atoms with Crippen molar-refractivity contribution in [3.63, 3.8) is 0 Å². The summed E-state index contributed by atoms with van der Waals surface area (Å²) < 4.78 is 5.80. The molecule has 2 heterocycles. The molecule has 0 saturated carbocycles. The second-order valence-electron chi connectivity index (χ2n) is 6.22. The summed E-state index contributed by atoms with van der Waals surface area (Å²) in [7, 11) is 0. The molecule has 2 aliphatic heterocycles. The fourth-order valence-electron chi connectivity index (χ4n) is 3.64. The Kier molecular flexibility index (Phi) is 4.74. The van der Waals surface area contributed by atoms with Gasteiger partial charge in [-0.2, -0.15) is 5.26 Å². The average molecular weight is 334 g/mol. The van der Waals surface area contributed by atoms with Crippen molar-refractivity contribution in [1.29, 1.82) is 5.26 Å². The Hall–Kier alpha value is -1.77. The Balaban J connectivity index is 1.64. The van der Waals surface area contributed by atoms with Crippen LogP contribution in [0.4, 0.5) is 5.69 Å². The molecule has 122 valence electrons. The maximum absolute atomic E-state index is 11.2. The van der Waals surface area contributed by atoms with E-state index >= 15 is 0 Å². The van der Waals surface area contributed by atoms with Gasteiger partial charge in [-0.25, -0.2) is 0 Å². The number of nitrogens with zero attached hydrogens (tertiary/aromatic N) is 2. The van der Waals surface area contributed by atoms with Gasteiger partial charge < -0.3 is 15.4 Å². The molecule has 2 saturated heterocycles. The van der Waals surface area contributed by atoms with E-state index in [2.05, 4.69) is 11.0 Å². The summed E-state index contributed by atoms with van der Waals surface area (Å²) in [6, 6.07) is 7.63. The van der Waals surface area contributed by atoms with Gasteiger partial charge in [0.25, 0.3) is 0 Å². The van der Waals surface area contributed by atoms with Crippen LogP contribution in [0.3, 0.4) is 0 Å². The number of primary amides is 1. The molecule has 23 heavy (non-hydrogen) atoms. The number of carbonyl (C=O) groups is 1. The van der Waals surface area contributed by atoms with E-state index in [1.54, 1.807) is 12.1 Å². The van der Waals surface area contributed by atoms with Crippen LogP contribution in [0.25, 0.3) is 0 Å². The van der Waals surface area contributed by atoms with Gasteiger partial charge in [0, 0.05) is 13.1 Å². The maximum atomic E-state index is 11.2. The topological polar surface area (TPSA) is 79.4 Å². The molecule has 0 aromatic heterocycles. The minimum atomic E-state index is -0.424. The molecule has 0 aliphatic carbocycles. The highest BCUT2D eigenvalue weighted by Crippen LogP contribution is 2.36. The van der Waals surface area contributed by atoms with Crippen molar-refractivity contribution in [1.82, 2.24) is 0 Å². The lowest BCUT2D eigenvalue weighted by molar-refractivity contribution is -0.130. The van der Waals surface area contributed by atoms with Crippen molar-refractivity contribution in [3.05, 3.63) is 28.8 Å². The molecule has 2 N–H and O–H groups in total. The van der Waals surface area contributed by atoms with E-state index in [1.807, 2.05) is 6.07 Å². The summed E-state index contributed by atoms with van der Waals surface area (Å²) in [5, 5.41) is 9.90. The first-order valence-corrected chi connectivity index (χ1v) is 8.36. The molecule has 2 aliphatic rings. The molecule has 0 radical (unpaired) electrons. The van der Waals surface area contributed by atoms with Gasteiger partial charge in [-0.15, -0.1) is 0 Å². The lowest BCUT2D eigenvalue weighted by atomic mass is 9.89. The summed E-state index contributed by atoms with van der Waals surface area (Å²) in [5.41, 5.74) is 6.76. The third kappa shape index (κ3) is 3.29. The highest BCUT2D eigenvalue weighted by molar-refractivity contribution is 6.33. The Morgan fingerprint density at radius 3 is 2.65 bits per heavy atom. The van der Waals surface area contributed by atoms with E-state index in [4.69, 9.17) is 22.1 Å². The van der Waals surface area contributed by atoms with Gasteiger partial charge in [0.15, 0.2) is 0 Å². The smallest absolute Gasteiger partial charge is 0.246 e. The second-order valence-corrected chi connectivity index (χ2v) is 6.62. The van der Waals surface area contributed by atoms with Crippen LogP contribution in [0.1, 0.15) is 31.2 Å². The Morgan fingerprint density at radius 1 is 1.30 bits per heavy atom. The second kappa shape index (κ2) is 6.77. The summed E-state index contributed by atoms with van der Waals surface area (Å²) in [6.45, 7) is 1.67. The largest absolute Gasteiger partial charge is 0.369 e. The Labute approximate surface area is 141 Å². The fraction of sp³-hybridized carbons (Fsp3) is 0.529. The van der Waals surface area contributed by atoms with E-state index in [0.717, 1.165) is 44.5 Å². The van der Waals surface area contributed by atoms with Crippen LogP contribution in [0.5, 0.6) is 0 Å². The molecule has 1 aromatic rings. The van der Waals surface area contributed by atoms with Crippen molar-refractivity contribution >= 4 is 23.2 Å². The number of hydrogen-bond donors (Lipinski definition) is 1. The van der Waals surface area contributed by atoms with Crippen molar-refractivity contribution in [3.8, 4) is 6.07 Å². The number of piperidine rings is 1. The molecule has 1 aromatic carbocycles. The average Bonchev–Trinajstić information content (AvgIpc) is 3.05. The molecule has 3 rings (SSSR count). The highest BCUT2D eigenvalue weighted by Gasteiger charge is 2.36. The molecular weight excluding hydrogens is 314 g/mol. The summed E-state index contributed by atoms with van der Waals surface area (Å²) in [4.78, 5) is 13.4. The van der Waals surface area contributed by atoms with Crippen molar-refractivity contribution in [2.45, 2.75) is 37.9 Å². The normalized spacial score (nSPS) is 25.3. The monoisotopic (exact) mass is 333 g/mol. The number of amides is 1. The van der Waals surface area contributed by atoms with Gasteiger partial charge in [0.05, 0.1) is 22.4 Å². The number of carbonyl (C=O) groups excluding carboxylic acids is 1. The van der Waals surface area contributed by atoms with Gasteiger partial charge in [0.1, 0.15) is 12.2 Å². The van der Waals surface area contributed by atoms with Crippen LogP contribution in [0.2, 0.25) is 5.02 Å². The summed E-state index contributed by atoms with van der Waals surface area (Å²) in [5.74, 6) is 0.0725.